The van der Waals surface area contributed by atoms with E-state index in [-0.39, 0.29) is 6.10 Å². The summed E-state index contributed by atoms with van der Waals surface area (Å²) in [5, 5.41) is 10.3. The molecule has 1 atom stereocenters. The lowest BCUT2D eigenvalue weighted by molar-refractivity contribution is 0.181. The van der Waals surface area contributed by atoms with Crippen molar-refractivity contribution < 1.29 is 5.11 Å². The normalized spacial score (nSPS) is 12.2. The van der Waals surface area contributed by atoms with E-state index in [9.17, 15) is 5.11 Å². The zero-order valence-corrected chi connectivity index (χ0v) is 12.5. The third-order valence-corrected chi connectivity index (χ3v) is 3.79. The fraction of sp³-hybridized carbons (Fsp3) is 0.333. The maximum absolute atomic E-state index is 10.3. The van der Waals surface area contributed by atoms with Crippen molar-refractivity contribution in [3.8, 4) is 0 Å². The Balaban J connectivity index is 2.00. The van der Waals surface area contributed by atoms with Gasteiger partial charge in [0, 0.05) is 25.7 Å². The molecule has 20 heavy (non-hydrogen) atoms. The van der Waals surface area contributed by atoms with E-state index in [0.717, 1.165) is 0 Å². The van der Waals surface area contributed by atoms with E-state index in [1.165, 1.54) is 22.4 Å². The molecule has 0 aliphatic carbocycles. The molecule has 0 aliphatic heterocycles. The van der Waals surface area contributed by atoms with Gasteiger partial charge in [0.05, 0.1) is 6.10 Å². The molecule has 0 saturated heterocycles. The molecule has 2 heteroatoms. The molecular weight excluding hydrogens is 246 g/mol. The molecule has 2 nitrogen and oxygen atoms in total. The van der Waals surface area contributed by atoms with Crippen LogP contribution in [-0.4, -0.2) is 24.8 Å². The van der Waals surface area contributed by atoms with Crippen molar-refractivity contribution in [2.45, 2.75) is 26.4 Å². The maximum Gasteiger partial charge on any atom is 0.0755 e. The van der Waals surface area contributed by atoms with Gasteiger partial charge < -0.3 is 10.0 Å². The third-order valence-electron chi connectivity index (χ3n) is 3.79. The average molecular weight is 269 g/mol. The van der Waals surface area contributed by atoms with Gasteiger partial charge in [0.25, 0.3) is 0 Å². The van der Waals surface area contributed by atoms with Gasteiger partial charge in [-0.1, -0.05) is 42.5 Å². The van der Waals surface area contributed by atoms with Crippen molar-refractivity contribution in [3.05, 3.63) is 65.2 Å². The maximum atomic E-state index is 10.3. The molecule has 0 amide bonds. The third kappa shape index (κ3) is 3.61. The number of aryl methyl sites for hydroxylation is 1. The molecule has 106 valence electrons. The molecular formula is C18H23NO. The van der Waals surface area contributed by atoms with Gasteiger partial charge in [-0.2, -0.15) is 0 Å². The molecule has 2 aromatic carbocycles. The van der Waals surface area contributed by atoms with Gasteiger partial charge in [0.15, 0.2) is 0 Å². The summed E-state index contributed by atoms with van der Waals surface area (Å²) in [6.45, 7) is 4.89. The second-order valence-electron chi connectivity index (χ2n) is 5.44. The highest BCUT2D eigenvalue weighted by atomic mass is 16.3. The monoisotopic (exact) mass is 269 g/mol. The Morgan fingerprint density at radius 2 is 1.70 bits per heavy atom. The minimum Gasteiger partial charge on any atom is -0.391 e. The number of benzene rings is 2. The molecule has 0 aliphatic rings. The van der Waals surface area contributed by atoms with Crippen molar-refractivity contribution in [3.63, 3.8) is 0 Å². The van der Waals surface area contributed by atoms with Crippen LogP contribution in [0.25, 0.3) is 0 Å². The van der Waals surface area contributed by atoms with E-state index >= 15 is 0 Å². The summed E-state index contributed by atoms with van der Waals surface area (Å²) in [5.41, 5.74) is 4.93. The molecule has 0 spiro atoms. The number of hydrogen-bond donors (Lipinski definition) is 1. The van der Waals surface area contributed by atoms with E-state index in [1.54, 1.807) is 0 Å². The first kappa shape index (κ1) is 14.6. The van der Waals surface area contributed by atoms with Crippen LogP contribution in [0.15, 0.2) is 48.5 Å². The molecule has 0 aromatic heterocycles. The van der Waals surface area contributed by atoms with E-state index in [4.69, 9.17) is 0 Å². The number of aliphatic hydroxyl groups is 1. The molecule has 0 bridgehead atoms. The first-order valence-electron chi connectivity index (χ1n) is 7.07. The predicted molar refractivity (Wildman–Crippen MR) is 85.3 cm³/mol. The number of rotatable bonds is 5. The van der Waals surface area contributed by atoms with Crippen LogP contribution in [0.2, 0.25) is 0 Å². The van der Waals surface area contributed by atoms with Crippen LogP contribution in [-0.2, 0) is 6.42 Å². The summed E-state index contributed by atoms with van der Waals surface area (Å²) in [5.74, 6) is 0. The largest absolute Gasteiger partial charge is 0.391 e. The molecule has 1 unspecified atom stereocenters. The Morgan fingerprint density at radius 1 is 1.00 bits per heavy atom. The molecule has 2 aromatic rings. The van der Waals surface area contributed by atoms with Gasteiger partial charge in [-0.3, -0.25) is 0 Å². The molecule has 0 radical (unpaired) electrons. The summed E-state index contributed by atoms with van der Waals surface area (Å²) in [6, 6.07) is 16.4. The first-order chi connectivity index (χ1) is 9.58. The smallest absolute Gasteiger partial charge is 0.0755 e. The zero-order chi connectivity index (χ0) is 14.5. The summed E-state index contributed by atoms with van der Waals surface area (Å²) >= 11 is 0. The van der Waals surface area contributed by atoms with Crippen molar-refractivity contribution in [1.29, 1.82) is 0 Å². The van der Waals surface area contributed by atoms with E-state index < -0.39 is 0 Å². The molecule has 2 rings (SSSR count). The van der Waals surface area contributed by atoms with Crippen LogP contribution < -0.4 is 4.90 Å². The number of likely N-dealkylation sites (N-methyl/N-ethyl adjacent to an activating group) is 1. The topological polar surface area (TPSA) is 23.5 Å². The van der Waals surface area contributed by atoms with Crippen LogP contribution in [0.1, 0.15) is 16.7 Å². The number of hydrogen-bond acceptors (Lipinski definition) is 2. The quantitative estimate of drug-likeness (QED) is 0.900. The van der Waals surface area contributed by atoms with Crippen molar-refractivity contribution in [1.82, 2.24) is 0 Å². The summed E-state index contributed by atoms with van der Waals surface area (Å²) in [6.07, 6.45) is 0.332. The second kappa shape index (κ2) is 6.58. The molecule has 0 saturated carbocycles. The zero-order valence-electron chi connectivity index (χ0n) is 12.5. The lowest BCUT2D eigenvalue weighted by Crippen LogP contribution is -2.30. The lowest BCUT2D eigenvalue weighted by Gasteiger charge is -2.25. The minimum atomic E-state index is -0.359. The van der Waals surface area contributed by atoms with Gasteiger partial charge >= 0.3 is 0 Å². The average Bonchev–Trinajstić information content (AvgIpc) is 2.42. The Kier molecular flexibility index (Phi) is 4.80. The van der Waals surface area contributed by atoms with E-state index in [1.807, 2.05) is 25.2 Å². The molecule has 0 heterocycles. The van der Waals surface area contributed by atoms with Gasteiger partial charge in [0.2, 0.25) is 0 Å². The fourth-order valence-corrected chi connectivity index (χ4v) is 2.51. The Labute approximate surface area is 121 Å². The van der Waals surface area contributed by atoms with Gasteiger partial charge in [-0.05, 0) is 36.6 Å². The molecule has 1 N–H and O–H groups in total. The van der Waals surface area contributed by atoms with Gasteiger partial charge in [0.1, 0.15) is 0 Å². The Hall–Kier alpha value is -1.80. The standard InChI is InChI=1S/C18H23NO/c1-14-8-7-11-18(15(14)2)19(3)13-17(20)12-16-9-5-4-6-10-16/h4-11,17,20H,12-13H2,1-3H3. The van der Waals surface area contributed by atoms with Gasteiger partial charge in [-0.15, -0.1) is 0 Å². The van der Waals surface area contributed by atoms with Crippen LogP contribution >= 0.6 is 0 Å². The Bertz CT molecular complexity index is 551. The predicted octanol–water partition coefficient (Wildman–Crippen LogP) is 3.34. The highest BCUT2D eigenvalue weighted by Gasteiger charge is 2.12. The van der Waals surface area contributed by atoms with E-state index in [2.05, 4.69) is 49.1 Å². The van der Waals surface area contributed by atoms with Crippen molar-refractivity contribution in [2.75, 3.05) is 18.5 Å². The first-order valence-corrected chi connectivity index (χ1v) is 7.07. The SMILES string of the molecule is Cc1cccc(N(C)CC(O)Cc2ccccc2)c1C. The van der Waals surface area contributed by atoms with Crippen molar-refractivity contribution in [2.24, 2.45) is 0 Å². The van der Waals surface area contributed by atoms with Crippen LogP contribution in [0.5, 0.6) is 0 Å². The summed E-state index contributed by atoms with van der Waals surface area (Å²) < 4.78 is 0. The second-order valence-corrected chi connectivity index (χ2v) is 5.44. The van der Waals surface area contributed by atoms with Crippen LogP contribution in [0.4, 0.5) is 5.69 Å². The summed E-state index contributed by atoms with van der Waals surface area (Å²) in [7, 11) is 2.04. The van der Waals surface area contributed by atoms with Crippen LogP contribution in [0, 0.1) is 13.8 Å². The lowest BCUT2D eigenvalue weighted by atomic mass is 10.1. The van der Waals surface area contributed by atoms with Crippen LogP contribution in [0.3, 0.4) is 0 Å². The van der Waals surface area contributed by atoms with Crippen molar-refractivity contribution >= 4 is 5.69 Å². The highest BCUT2D eigenvalue weighted by molar-refractivity contribution is 5.55. The number of aliphatic hydroxyl groups excluding tert-OH is 1. The van der Waals surface area contributed by atoms with E-state index in [0.29, 0.717) is 13.0 Å². The highest BCUT2D eigenvalue weighted by Crippen LogP contribution is 2.22. The Morgan fingerprint density at radius 3 is 2.40 bits per heavy atom. The summed E-state index contributed by atoms with van der Waals surface area (Å²) in [4.78, 5) is 2.13. The number of nitrogens with zero attached hydrogens (tertiary/aromatic N) is 1. The number of anilines is 1. The molecule has 0 fully saturated rings. The fourth-order valence-electron chi connectivity index (χ4n) is 2.51. The minimum absolute atomic E-state index is 0.359. The van der Waals surface area contributed by atoms with Gasteiger partial charge in [-0.25, -0.2) is 0 Å².